The molecule has 0 saturated heterocycles. The van der Waals surface area contributed by atoms with Crippen molar-refractivity contribution in [1.82, 2.24) is 24.8 Å². The molecule has 0 fully saturated rings. The number of thiazole rings is 1. The summed E-state index contributed by atoms with van der Waals surface area (Å²) < 4.78 is 2.95. The minimum absolute atomic E-state index is 0.462. The maximum absolute atomic E-state index is 11.1. The number of oxime groups is 1. The van der Waals surface area contributed by atoms with Gasteiger partial charge in [-0.2, -0.15) is 10.2 Å². The molecule has 1 unspecified atom stereocenters. The standard InChI is InChI=1S/C21H21N7O2S/c1-12(8-24-30-3)7-17-25-20-19(31-17)15-10-23-28(21(29)18(15)27(20)2)11-13-5-4-6-16-14(13)9-22-26-16/h4-6,8-10,21,29H,1,7,11H2,2-3H3,(H,22,26)/b24-8-. The van der Waals surface area contributed by atoms with Gasteiger partial charge in [0.05, 0.1) is 41.1 Å². The molecule has 4 heterocycles. The average molecular weight is 436 g/mol. The van der Waals surface area contributed by atoms with E-state index in [1.165, 1.54) is 7.11 Å². The Morgan fingerprint density at radius 3 is 3.16 bits per heavy atom. The molecule has 10 heteroatoms. The summed E-state index contributed by atoms with van der Waals surface area (Å²) in [5.74, 6) is 0. The third-order valence-electron chi connectivity index (χ3n) is 5.34. The minimum atomic E-state index is -0.874. The topological polar surface area (TPSA) is 104 Å². The van der Waals surface area contributed by atoms with Gasteiger partial charge in [0.1, 0.15) is 12.1 Å². The fourth-order valence-electron chi connectivity index (χ4n) is 3.85. The number of fused-ring (bicyclic) bond motifs is 4. The van der Waals surface area contributed by atoms with Crippen LogP contribution in [0.4, 0.5) is 0 Å². The summed E-state index contributed by atoms with van der Waals surface area (Å²) >= 11 is 1.58. The lowest BCUT2D eigenvalue weighted by molar-refractivity contribution is -0.00972. The van der Waals surface area contributed by atoms with Crippen LogP contribution in [0, 0.1) is 0 Å². The second-order valence-electron chi connectivity index (χ2n) is 7.33. The molecule has 4 aromatic rings. The van der Waals surface area contributed by atoms with E-state index in [4.69, 9.17) is 9.82 Å². The Balaban J connectivity index is 1.44. The van der Waals surface area contributed by atoms with Crippen molar-refractivity contribution in [2.75, 3.05) is 7.11 Å². The van der Waals surface area contributed by atoms with Crippen molar-refractivity contribution in [3.63, 3.8) is 0 Å². The van der Waals surface area contributed by atoms with E-state index < -0.39 is 6.23 Å². The summed E-state index contributed by atoms with van der Waals surface area (Å²) in [6, 6.07) is 5.97. The first-order valence-electron chi connectivity index (χ1n) is 9.68. The number of hydrogen-bond donors (Lipinski definition) is 2. The average Bonchev–Trinajstić information content (AvgIpc) is 3.45. The number of nitrogens with one attached hydrogen (secondary N) is 1. The SMILES string of the molecule is C=C(/C=N\OC)Cc1nc2c(s1)c1c(n2C)C(O)N(Cc2cccc3[nH]ncc23)N=C1. The Hall–Kier alpha value is -3.50. The van der Waals surface area contributed by atoms with E-state index in [0.717, 1.165) is 48.7 Å². The van der Waals surface area contributed by atoms with E-state index in [-0.39, 0.29) is 0 Å². The van der Waals surface area contributed by atoms with Crippen LogP contribution in [0.2, 0.25) is 0 Å². The summed E-state index contributed by atoms with van der Waals surface area (Å²) in [5, 5.41) is 30.1. The van der Waals surface area contributed by atoms with E-state index in [0.29, 0.717) is 13.0 Å². The highest BCUT2D eigenvalue weighted by Crippen LogP contribution is 2.37. The first kappa shape index (κ1) is 19.5. The van der Waals surface area contributed by atoms with E-state index in [1.54, 1.807) is 28.8 Å². The van der Waals surface area contributed by atoms with Crippen LogP contribution in [-0.2, 0) is 24.9 Å². The van der Waals surface area contributed by atoms with Crippen LogP contribution in [0.25, 0.3) is 21.3 Å². The molecule has 0 amide bonds. The lowest BCUT2D eigenvalue weighted by Gasteiger charge is -2.29. The van der Waals surface area contributed by atoms with Gasteiger partial charge in [-0.3, -0.25) is 10.1 Å². The van der Waals surface area contributed by atoms with Gasteiger partial charge >= 0.3 is 0 Å². The molecule has 2 N–H and O–H groups in total. The van der Waals surface area contributed by atoms with Crippen molar-refractivity contribution in [3.05, 3.63) is 58.4 Å². The Labute approximate surface area is 181 Å². The van der Waals surface area contributed by atoms with Gasteiger partial charge in [-0.15, -0.1) is 11.3 Å². The van der Waals surface area contributed by atoms with E-state index in [2.05, 4.69) is 27.0 Å². The molecule has 0 saturated carbocycles. The zero-order valence-corrected chi connectivity index (χ0v) is 17.9. The Morgan fingerprint density at radius 2 is 2.32 bits per heavy atom. The van der Waals surface area contributed by atoms with Crippen LogP contribution in [-0.4, -0.2) is 49.4 Å². The largest absolute Gasteiger partial charge is 0.399 e. The van der Waals surface area contributed by atoms with Crippen molar-refractivity contribution in [2.45, 2.75) is 19.2 Å². The third-order valence-corrected chi connectivity index (χ3v) is 6.42. The highest BCUT2D eigenvalue weighted by Gasteiger charge is 2.30. The number of aliphatic hydroxyl groups excluding tert-OH is 1. The maximum Gasteiger partial charge on any atom is 0.184 e. The van der Waals surface area contributed by atoms with Gasteiger partial charge < -0.3 is 14.5 Å². The molecule has 31 heavy (non-hydrogen) atoms. The monoisotopic (exact) mass is 435 g/mol. The zero-order chi connectivity index (χ0) is 21.5. The van der Waals surface area contributed by atoms with E-state index >= 15 is 0 Å². The van der Waals surface area contributed by atoms with E-state index in [9.17, 15) is 5.11 Å². The number of hydrogen-bond acceptors (Lipinski definition) is 8. The van der Waals surface area contributed by atoms with Crippen molar-refractivity contribution >= 4 is 45.0 Å². The lowest BCUT2D eigenvalue weighted by atomic mass is 10.1. The van der Waals surface area contributed by atoms with Gasteiger partial charge in [-0.25, -0.2) is 4.98 Å². The first-order valence-corrected chi connectivity index (χ1v) is 10.5. The van der Waals surface area contributed by atoms with Crippen LogP contribution < -0.4 is 0 Å². The van der Waals surface area contributed by atoms with Crippen molar-refractivity contribution < 1.29 is 9.94 Å². The van der Waals surface area contributed by atoms with Gasteiger partial charge in [0.25, 0.3) is 0 Å². The fourth-order valence-corrected chi connectivity index (χ4v) is 5.02. The number of rotatable bonds is 6. The van der Waals surface area contributed by atoms with Crippen LogP contribution in [0.5, 0.6) is 0 Å². The van der Waals surface area contributed by atoms with Gasteiger partial charge in [0.15, 0.2) is 11.9 Å². The van der Waals surface area contributed by atoms with Crippen molar-refractivity contribution in [3.8, 4) is 0 Å². The van der Waals surface area contributed by atoms with Crippen LogP contribution >= 0.6 is 11.3 Å². The quantitative estimate of drug-likeness (QED) is 0.358. The Kier molecular flexibility index (Phi) is 4.79. The van der Waals surface area contributed by atoms with Crippen LogP contribution in [0.1, 0.15) is 28.1 Å². The molecular formula is C21H21N7O2S. The summed E-state index contributed by atoms with van der Waals surface area (Å²) in [5.41, 5.74) is 5.33. The highest BCUT2D eigenvalue weighted by atomic mass is 32.1. The smallest absolute Gasteiger partial charge is 0.184 e. The number of aliphatic hydroxyl groups is 1. The molecule has 9 nitrogen and oxygen atoms in total. The molecule has 158 valence electrons. The van der Waals surface area contributed by atoms with Gasteiger partial charge in [-0.05, 0) is 17.2 Å². The van der Waals surface area contributed by atoms with Gasteiger partial charge in [-0.1, -0.05) is 23.9 Å². The van der Waals surface area contributed by atoms with Crippen molar-refractivity contribution in [2.24, 2.45) is 17.3 Å². The van der Waals surface area contributed by atoms with E-state index in [1.807, 2.05) is 36.0 Å². The normalized spacial score (nSPS) is 16.0. The maximum atomic E-state index is 11.1. The first-order chi connectivity index (χ1) is 15.1. The molecule has 1 aliphatic heterocycles. The number of hydrazone groups is 1. The van der Waals surface area contributed by atoms with Crippen LogP contribution in [0.15, 0.2) is 46.8 Å². The molecule has 5 rings (SSSR count). The number of aryl methyl sites for hydroxylation is 1. The van der Waals surface area contributed by atoms with Crippen LogP contribution in [0.3, 0.4) is 0 Å². The number of allylic oxidation sites excluding steroid dienone is 1. The second-order valence-corrected chi connectivity index (χ2v) is 8.42. The number of nitrogens with zero attached hydrogens (tertiary/aromatic N) is 6. The third kappa shape index (κ3) is 3.29. The van der Waals surface area contributed by atoms with Gasteiger partial charge in [0.2, 0.25) is 0 Å². The molecule has 0 bridgehead atoms. The molecule has 0 radical (unpaired) electrons. The lowest BCUT2D eigenvalue weighted by Crippen LogP contribution is -2.29. The molecule has 1 atom stereocenters. The zero-order valence-electron chi connectivity index (χ0n) is 17.1. The predicted molar refractivity (Wildman–Crippen MR) is 121 cm³/mol. The molecule has 0 spiro atoms. The predicted octanol–water partition coefficient (Wildman–Crippen LogP) is 3.08. The Morgan fingerprint density at radius 1 is 1.45 bits per heavy atom. The molecule has 1 aliphatic rings. The molecular weight excluding hydrogens is 414 g/mol. The summed E-state index contributed by atoms with van der Waals surface area (Å²) in [4.78, 5) is 9.46. The van der Waals surface area contributed by atoms with Crippen molar-refractivity contribution in [1.29, 1.82) is 0 Å². The number of H-pyrrole nitrogens is 1. The second kappa shape index (κ2) is 7.64. The van der Waals surface area contributed by atoms with Gasteiger partial charge in [0, 0.05) is 24.4 Å². The minimum Gasteiger partial charge on any atom is -0.399 e. The fraction of sp³-hybridized carbons (Fsp3) is 0.238. The summed E-state index contributed by atoms with van der Waals surface area (Å²) in [6.07, 6.45) is 4.90. The molecule has 3 aromatic heterocycles. The molecule has 1 aromatic carbocycles. The number of aromatic nitrogens is 4. The number of benzene rings is 1. The Bertz CT molecular complexity index is 1350. The highest BCUT2D eigenvalue weighted by molar-refractivity contribution is 7.19. The molecule has 0 aliphatic carbocycles. The summed E-state index contributed by atoms with van der Waals surface area (Å²) in [7, 11) is 3.42. The number of aromatic amines is 1. The summed E-state index contributed by atoms with van der Waals surface area (Å²) in [6.45, 7) is 4.44.